The topological polar surface area (TPSA) is 60.2 Å². The second kappa shape index (κ2) is 5.98. The van der Waals surface area contributed by atoms with Crippen molar-refractivity contribution < 1.29 is 0 Å². The van der Waals surface area contributed by atoms with Crippen LogP contribution < -0.4 is 10.1 Å². The smallest absolute Gasteiger partial charge is 0.266 e. The number of benzene rings is 1. The number of fused-ring (bicyclic) bond motifs is 1. The molecule has 1 aromatic carbocycles. The van der Waals surface area contributed by atoms with Crippen LogP contribution in [-0.2, 0) is 0 Å². The van der Waals surface area contributed by atoms with Crippen molar-refractivity contribution in [1.29, 1.82) is 0 Å². The lowest BCUT2D eigenvalue weighted by atomic mass is 10.2. The number of aromatic nitrogens is 4. The minimum Gasteiger partial charge on any atom is -0.266 e. The quantitative estimate of drug-likeness (QED) is 0.540. The molecule has 0 amide bonds. The Morgan fingerprint density at radius 2 is 1.92 bits per heavy atom. The lowest BCUT2D eigenvalue weighted by molar-refractivity contribution is 0.936. The fourth-order valence-electron chi connectivity index (χ4n) is 2.22. The highest BCUT2D eigenvalue weighted by molar-refractivity contribution is 7.15. The first-order valence-electron chi connectivity index (χ1n) is 6.88. The van der Waals surface area contributed by atoms with Gasteiger partial charge in [0.2, 0.25) is 4.96 Å². The minimum absolute atomic E-state index is 0.228. The molecule has 24 heavy (non-hydrogen) atoms. The molecular weight excluding hydrogens is 367 g/mol. The van der Waals surface area contributed by atoms with Crippen LogP contribution in [0.25, 0.3) is 22.4 Å². The molecule has 4 rings (SSSR count). The van der Waals surface area contributed by atoms with Gasteiger partial charge in [0.25, 0.3) is 5.56 Å². The van der Waals surface area contributed by atoms with Crippen LogP contribution in [0.15, 0.2) is 47.5 Å². The summed E-state index contributed by atoms with van der Waals surface area (Å²) in [4.78, 5) is 21.4. The van der Waals surface area contributed by atoms with Crippen LogP contribution in [0.3, 0.4) is 0 Å². The highest BCUT2D eigenvalue weighted by Crippen LogP contribution is 2.21. The first-order chi connectivity index (χ1) is 11.6. The molecule has 0 fully saturated rings. The highest BCUT2D eigenvalue weighted by Gasteiger charge is 2.12. The molecule has 0 aliphatic rings. The largest absolute Gasteiger partial charge is 0.291 e. The van der Waals surface area contributed by atoms with E-state index in [1.165, 1.54) is 15.9 Å². The van der Waals surface area contributed by atoms with Crippen LogP contribution in [-0.4, -0.2) is 19.6 Å². The van der Waals surface area contributed by atoms with Gasteiger partial charge >= 0.3 is 0 Å². The van der Waals surface area contributed by atoms with E-state index in [0.717, 1.165) is 11.1 Å². The lowest BCUT2D eigenvalue weighted by Crippen LogP contribution is -2.23. The van der Waals surface area contributed by atoms with Gasteiger partial charge in [-0.05, 0) is 35.9 Å². The Balaban J connectivity index is 1.84. The zero-order valence-electron chi connectivity index (χ0n) is 12.0. The maximum Gasteiger partial charge on any atom is 0.291 e. The summed E-state index contributed by atoms with van der Waals surface area (Å²) in [5, 5.41) is 5.31. The van der Waals surface area contributed by atoms with Crippen molar-refractivity contribution in [3.63, 3.8) is 0 Å². The Labute approximate surface area is 149 Å². The van der Waals surface area contributed by atoms with E-state index in [4.69, 9.17) is 23.2 Å². The number of rotatable bonds is 2. The summed E-state index contributed by atoms with van der Waals surface area (Å²) in [6, 6.07) is 8.72. The third-order valence-corrected chi connectivity index (χ3v) is 4.89. The van der Waals surface area contributed by atoms with Crippen LogP contribution in [0.1, 0.15) is 5.56 Å². The summed E-state index contributed by atoms with van der Waals surface area (Å²) in [7, 11) is 0. The van der Waals surface area contributed by atoms with Crippen molar-refractivity contribution in [2.45, 2.75) is 0 Å². The molecule has 0 aliphatic heterocycles. The van der Waals surface area contributed by atoms with Gasteiger partial charge < -0.3 is 0 Å². The predicted molar refractivity (Wildman–Crippen MR) is 95.6 cm³/mol. The molecule has 0 aliphatic carbocycles. The first-order valence-corrected chi connectivity index (χ1v) is 8.46. The molecule has 0 unspecified atom stereocenters. The van der Waals surface area contributed by atoms with Crippen molar-refractivity contribution in [2.24, 2.45) is 0 Å². The van der Waals surface area contributed by atoms with E-state index in [-0.39, 0.29) is 5.56 Å². The average Bonchev–Trinajstić information content (AvgIpc) is 3.11. The van der Waals surface area contributed by atoms with Gasteiger partial charge in [-0.15, -0.1) is 5.10 Å². The van der Waals surface area contributed by atoms with Crippen molar-refractivity contribution in [1.82, 2.24) is 19.6 Å². The van der Waals surface area contributed by atoms with Gasteiger partial charge in [-0.1, -0.05) is 40.6 Å². The monoisotopic (exact) mass is 374 g/mol. The molecule has 0 spiro atoms. The minimum atomic E-state index is -0.228. The van der Waals surface area contributed by atoms with Crippen molar-refractivity contribution >= 4 is 45.6 Å². The summed E-state index contributed by atoms with van der Waals surface area (Å²) in [6.45, 7) is 0. The van der Waals surface area contributed by atoms with Gasteiger partial charge in [-0.25, -0.2) is 0 Å². The fraction of sp³-hybridized carbons (Fsp3) is 0. The number of nitrogens with zero attached hydrogens (tertiary/aromatic N) is 4. The first kappa shape index (κ1) is 15.3. The molecule has 0 saturated carbocycles. The van der Waals surface area contributed by atoms with E-state index in [1.807, 2.05) is 0 Å². The van der Waals surface area contributed by atoms with E-state index in [9.17, 15) is 4.79 Å². The van der Waals surface area contributed by atoms with Gasteiger partial charge in [0.1, 0.15) is 0 Å². The van der Waals surface area contributed by atoms with Gasteiger partial charge in [-0.3, -0.25) is 9.78 Å². The third kappa shape index (κ3) is 2.69. The second-order valence-electron chi connectivity index (χ2n) is 4.95. The van der Waals surface area contributed by atoms with Crippen LogP contribution in [0, 0.1) is 0 Å². The number of hydrogen-bond donors (Lipinski definition) is 0. The van der Waals surface area contributed by atoms with Crippen molar-refractivity contribution in [2.75, 3.05) is 0 Å². The van der Waals surface area contributed by atoms with Crippen molar-refractivity contribution in [3.8, 4) is 11.4 Å². The summed E-state index contributed by atoms with van der Waals surface area (Å²) in [5.41, 5.74) is 1.30. The zero-order chi connectivity index (χ0) is 16.7. The van der Waals surface area contributed by atoms with E-state index in [2.05, 4.69) is 15.1 Å². The summed E-state index contributed by atoms with van der Waals surface area (Å²) in [6.07, 6.45) is 5.03. The maximum absolute atomic E-state index is 12.5. The Kier molecular flexibility index (Phi) is 3.80. The molecule has 0 bridgehead atoms. The molecule has 4 aromatic rings. The average molecular weight is 375 g/mol. The Bertz CT molecular complexity index is 1150. The molecule has 0 atom stereocenters. The Morgan fingerprint density at radius 1 is 1.12 bits per heavy atom. The van der Waals surface area contributed by atoms with E-state index in [0.29, 0.717) is 25.4 Å². The Morgan fingerprint density at radius 3 is 2.62 bits per heavy atom. The van der Waals surface area contributed by atoms with Crippen molar-refractivity contribution in [3.05, 3.63) is 73.2 Å². The normalized spacial score (nSPS) is 12.2. The summed E-state index contributed by atoms with van der Waals surface area (Å²) < 4.78 is 1.81. The van der Waals surface area contributed by atoms with E-state index >= 15 is 0 Å². The van der Waals surface area contributed by atoms with Gasteiger partial charge in [0.15, 0.2) is 5.82 Å². The second-order valence-corrected chi connectivity index (χ2v) is 6.80. The molecule has 8 heteroatoms. The van der Waals surface area contributed by atoms with Gasteiger partial charge in [-0.2, -0.15) is 9.50 Å². The Hall–Kier alpha value is -2.28. The molecule has 0 N–H and O–H groups in total. The summed E-state index contributed by atoms with van der Waals surface area (Å²) >= 11 is 13.3. The predicted octanol–water partition coefficient (Wildman–Crippen LogP) is 3.07. The van der Waals surface area contributed by atoms with Crippen LogP contribution >= 0.6 is 34.5 Å². The van der Waals surface area contributed by atoms with Gasteiger partial charge in [0, 0.05) is 28.0 Å². The number of hydrogen-bond acceptors (Lipinski definition) is 5. The molecule has 3 aromatic heterocycles. The molecular formula is C16H8Cl2N4OS. The summed E-state index contributed by atoms with van der Waals surface area (Å²) in [5.74, 6) is 0.497. The lowest BCUT2D eigenvalue weighted by Gasteiger charge is -1.97. The maximum atomic E-state index is 12.5. The molecule has 0 saturated heterocycles. The fourth-order valence-corrected chi connectivity index (χ4v) is 3.58. The molecule has 3 heterocycles. The number of thiazole rings is 1. The van der Waals surface area contributed by atoms with E-state index < -0.39 is 0 Å². The zero-order valence-corrected chi connectivity index (χ0v) is 14.3. The molecule has 118 valence electrons. The third-order valence-electron chi connectivity index (χ3n) is 3.37. The highest BCUT2D eigenvalue weighted by atomic mass is 35.5. The molecule has 0 radical (unpaired) electrons. The number of pyridine rings is 1. The SMILES string of the molecule is O=c1c(=Cc2ccc(Cl)cc2Cl)sc2nc(-c3ccncc3)nn12. The van der Waals surface area contributed by atoms with Crippen LogP contribution in [0.5, 0.6) is 0 Å². The standard InChI is InChI=1S/C16H8Cl2N4OS/c17-11-2-1-10(12(18)8-11)7-13-15(23)22-16(24-13)20-14(21-22)9-3-5-19-6-4-9/h1-8H. The molecule has 5 nitrogen and oxygen atoms in total. The number of halogens is 2. The van der Waals surface area contributed by atoms with Crippen LogP contribution in [0.4, 0.5) is 0 Å². The van der Waals surface area contributed by atoms with Crippen LogP contribution in [0.2, 0.25) is 10.0 Å². The van der Waals surface area contributed by atoms with E-state index in [1.54, 1.807) is 48.8 Å². The van der Waals surface area contributed by atoms with Gasteiger partial charge in [0.05, 0.1) is 4.53 Å².